The molecule has 0 aromatic heterocycles. The quantitative estimate of drug-likeness (QED) is 0.835. The Bertz CT molecular complexity index is 494. The molecule has 1 unspecified atom stereocenters. The summed E-state index contributed by atoms with van der Waals surface area (Å²) in [5, 5.41) is 0. The molecule has 0 radical (unpaired) electrons. The van der Waals surface area contributed by atoms with Crippen LogP contribution in [0.4, 0.5) is 4.79 Å². The van der Waals surface area contributed by atoms with E-state index in [1.165, 1.54) is 5.56 Å². The monoisotopic (exact) mass is 278 g/mol. The Morgan fingerprint density at radius 3 is 2.85 bits per heavy atom. The highest BCUT2D eigenvalue weighted by atomic mass is 16.6. The minimum atomic E-state index is -0.500. The molecular weight excluding hydrogens is 256 g/mol. The number of fused-ring (bicyclic) bond motifs is 1. The van der Waals surface area contributed by atoms with E-state index in [4.69, 9.17) is 9.47 Å². The van der Waals surface area contributed by atoms with Crippen molar-refractivity contribution in [2.45, 2.75) is 45.8 Å². The van der Waals surface area contributed by atoms with Gasteiger partial charge in [0.1, 0.15) is 11.4 Å². The lowest BCUT2D eigenvalue weighted by Crippen LogP contribution is -2.42. The summed E-state index contributed by atoms with van der Waals surface area (Å²) < 4.78 is 10.6. The van der Waals surface area contributed by atoms with E-state index < -0.39 is 11.7 Å². The molecule has 2 rings (SSSR count). The lowest BCUT2D eigenvalue weighted by atomic mass is 10.0. The number of hydrogen-bond acceptors (Lipinski definition) is 4. The Hall–Kier alpha value is -1.75. The fourth-order valence-electron chi connectivity index (χ4n) is 2.03. The summed E-state index contributed by atoms with van der Waals surface area (Å²) in [6.45, 7) is 8.22. The highest BCUT2D eigenvalue weighted by Gasteiger charge is 2.18. The molecule has 0 fully saturated rings. The summed E-state index contributed by atoms with van der Waals surface area (Å²) >= 11 is 0. The number of carbonyl (C=O) groups is 1. The first kappa shape index (κ1) is 14.7. The van der Waals surface area contributed by atoms with Gasteiger partial charge < -0.3 is 9.47 Å². The maximum absolute atomic E-state index is 11.6. The lowest BCUT2D eigenvalue weighted by molar-refractivity contribution is 0.0489. The van der Waals surface area contributed by atoms with E-state index in [1.54, 1.807) is 0 Å². The van der Waals surface area contributed by atoms with Crippen molar-refractivity contribution in [2.75, 3.05) is 6.61 Å². The topological polar surface area (TPSA) is 59.6 Å². The van der Waals surface area contributed by atoms with E-state index in [2.05, 4.69) is 16.9 Å². The van der Waals surface area contributed by atoms with Gasteiger partial charge in [-0.25, -0.2) is 10.2 Å². The van der Waals surface area contributed by atoms with E-state index in [0.29, 0.717) is 0 Å². The molecule has 20 heavy (non-hydrogen) atoms. The zero-order valence-corrected chi connectivity index (χ0v) is 12.4. The van der Waals surface area contributed by atoms with Crippen molar-refractivity contribution in [2.24, 2.45) is 0 Å². The van der Waals surface area contributed by atoms with Gasteiger partial charge in [-0.3, -0.25) is 5.43 Å². The molecule has 1 aromatic carbocycles. The number of benzene rings is 1. The van der Waals surface area contributed by atoms with Crippen LogP contribution in [-0.4, -0.2) is 18.3 Å². The lowest BCUT2D eigenvalue weighted by Gasteiger charge is -2.21. The molecule has 1 atom stereocenters. The molecular formula is C15H22N2O3. The number of nitrogens with one attached hydrogen (secondary N) is 2. The van der Waals surface area contributed by atoms with Crippen molar-refractivity contribution in [1.82, 2.24) is 10.9 Å². The van der Waals surface area contributed by atoms with Crippen LogP contribution in [0.1, 0.15) is 44.9 Å². The van der Waals surface area contributed by atoms with E-state index in [0.717, 1.165) is 24.3 Å². The Labute approximate surface area is 119 Å². The van der Waals surface area contributed by atoms with Crippen LogP contribution in [-0.2, 0) is 11.2 Å². The number of carbonyl (C=O) groups excluding carboxylic acids is 1. The molecule has 0 bridgehead atoms. The highest BCUT2D eigenvalue weighted by Crippen LogP contribution is 2.27. The van der Waals surface area contributed by atoms with E-state index in [9.17, 15) is 4.79 Å². The first-order valence-electron chi connectivity index (χ1n) is 6.85. The number of amides is 1. The third-order valence-corrected chi connectivity index (χ3v) is 3.00. The van der Waals surface area contributed by atoms with Crippen LogP contribution in [0.2, 0.25) is 0 Å². The van der Waals surface area contributed by atoms with E-state index in [1.807, 2.05) is 39.8 Å². The molecule has 110 valence electrons. The van der Waals surface area contributed by atoms with Gasteiger partial charge in [-0.05, 0) is 44.9 Å². The van der Waals surface area contributed by atoms with Crippen molar-refractivity contribution in [3.05, 3.63) is 29.3 Å². The molecule has 1 amide bonds. The predicted molar refractivity (Wildman–Crippen MR) is 76.6 cm³/mol. The van der Waals surface area contributed by atoms with Crippen molar-refractivity contribution in [1.29, 1.82) is 0 Å². The van der Waals surface area contributed by atoms with Gasteiger partial charge in [0, 0.05) is 12.5 Å². The van der Waals surface area contributed by atoms with Gasteiger partial charge in [-0.15, -0.1) is 0 Å². The van der Waals surface area contributed by atoms with Crippen LogP contribution in [0.15, 0.2) is 18.2 Å². The Balaban J connectivity index is 1.89. The van der Waals surface area contributed by atoms with E-state index >= 15 is 0 Å². The normalized spacial score (nSPS) is 15.2. The second-order valence-electron chi connectivity index (χ2n) is 5.96. The second kappa shape index (κ2) is 5.71. The highest BCUT2D eigenvalue weighted by molar-refractivity contribution is 5.67. The van der Waals surface area contributed by atoms with Crippen molar-refractivity contribution in [3.8, 4) is 5.75 Å². The van der Waals surface area contributed by atoms with Gasteiger partial charge >= 0.3 is 6.09 Å². The maximum Gasteiger partial charge on any atom is 0.422 e. The molecule has 1 aliphatic heterocycles. The largest absolute Gasteiger partial charge is 0.493 e. The first-order valence-corrected chi connectivity index (χ1v) is 6.85. The molecule has 2 N–H and O–H groups in total. The Morgan fingerprint density at radius 1 is 1.40 bits per heavy atom. The summed E-state index contributed by atoms with van der Waals surface area (Å²) in [4.78, 5) is 11.6. The van der Waals surface area contributed by atoms with Crippen molar-refractivity contribution >= 4 is 6.09 Å². The van der Waals surface area contributed by atoms with Crippen molar-refractivity contribution in [3.63, 3.8) is 0 Å². The summed E-state index contributed by atoms with van der Waals surface area (Å²) in [5.74, 6) is 0.959. The molecule has 0 spiro atoms. The summed E-state index contributed by atoms with van der Waals surface area (Å²) in [5.41, 5.74) is 7.33. The summed E-state index contributed by atoms with van der Waals surface area (Å²) in [6.07, 6.45) is 0.462. The van der Waals surface area contributed by atoms with Gasteiger partial charge in [0.15, 0.2) is 0 Å². The fourth-order valence-corrected chi connectivity index (χ4v) is 2.03. The molecule has 0 aliphatic carbocycles. The van der Waals surface area contributed by atoms with E-state index in [-0.39, 0.29) is 6.04 Å². The molecule has 1 aromatic rings. The number of ether oxygens (including phenoxy) is 2. The van der Waals surface area contributed by atoms with Crippen LogP contribution in [0.25, 0.3) is 0 Å². The van der Waals surface area contributed by atoms with Gasteiger partial charge in [0.25, 0.3) is 0 Å². The molecule has 0 saturated carbocycles. The molecule has 0 saturated heterocycles. The molecule has 5 nitrogen and oxygen atoms in total. The number of rotatable bonds is 3. The number of hydrazine groups is 1. The minimum absolute atomic E-state index is 0.00609. The molecule has 1 heterocycles. The fraction of sp³-hybridized carbons (Fsp3) is 0.533. The van der Waals surface area contributed by atoms with Crippen LogP contribution < -0.4 is 15.6 Å². The van der Waals surface area contributed by atoms with Crippen LogP contribution >= 0.6 is 0 Å². The zero-order chi connectivity index (χ0) is 14.8. The van der Waals surface area contributed by atoms with Gasteiger partial charge in [-0.1, -0.05) is 12.1 Å². The van der Waals surface area contributed by atoms with Crippen LogP contribution in [0.3, 0.4) is 0 Å². The SMILES string of the molecule is CC(NNC(=O)OC(C)(C)C)c1ccc2c(c1)CCO2. The van der Waals surface area contributed by atoms with Gasteiger partial charge in [0.05, 0.1) is 6.61 Å². The Kier molecular flexibility index (Phi) is 4.18. The summed E-state index contributed by atoms with van der Waals surface area (Å²) in [7, 11) is 0. The number of hydrogen-bond donors (Lipinski definition) is 2. The maximum atomic E-state index is 11.6. The van der Waals surface area contributed by atoms with Crippen molar-refractivity contribution < 1.29 is 14.3 Å². The summed E-state index contributed by atoms with van der Waals surface area (Å²) in [6, 6.07) is 6.08. The van der Waals surface area contributed by atoms with Crippen LogP contribution in [0.5, 0.6) is 5.75 Å². The predicted octanol–water partition coefficient (Wildman–Crippen LogP) is 2.71. The molecule has 1 aliphatic rings. The standard InChI is InChI=1S/C15H22N2O3/c1-10(16-17-14(18)20-15(2,3)4)11-5-6-13-12(9-11)7-8-19-13/h5-6,9-10,16H,7-8H2,1-4H3,(H,17,18). The Morgan fingerprint density at radius 2 is 2.15 bits per heavy atom. The second-order valence-corrected chi connectivity index (χ2v) is 5.96. The third kappa shape index (κ3) is 3.87. The first-order chi connectivity index (χ1) is 9.35. The van der Waals surface area contributed by atoms with Gasteiger partial charge in [0.2, 0.25) is 0 Å². The molecule has 5 heteroatoms. The smallest absolute Gasteiger partial charge is 0.422 e. The zero-order valence-electron chi connectivity index (χ0n) is 12.4. The minimum Gasteiger partial charge on any atom is -0.493 e. The average Bonchev–Trinajstić information content (AvgIpc) is 2.80. The third-order valence-electron chi connectivity index (χ3n) is 3.00. The average molecular weight is 278 g/mol. The van der Waals surface area contributed by atoms with Crippen LogP contribution in [0, 0.1) is 0 Å². The van der Waals surface area contributed by atoms with Gasteiger partial charge in [-0.2, -0.15) is 0 Å².